The van der Waals surface area contributed by atoms with Gasteiger partial charge in [-0.05, 0) is 43.9 Å². The van der Waals surface area contributed by atoms with Crippen LogP contribution in [-0.2, 0) is 12.8 Å². The normalized spacial score (nSPS) is 14.0. The zero-order chi connectivity index (χ0) is 15.1. The molecule has 21 heavy (non-hydrogen) atoms. The number of nitrogens with one attached hydrogen (secondary N) is 1. The van der Waals surface area contributed by atoms with Crippen molar-refractivity contribution in [3.05, 3.63) is 48.0 Å². The topological polar surface area (TPSA) is 68.8 Å². The van der Waals surface area contributed by atoms with E-state index in [4.69, 9.17) is 5.84 Å². The van der Waals surface area contributed by atoms with E-state index in [0.29, 0.717) is 6.04 Å². The summed E-state index contributed by atoms with van der Waals surface area (Å²) in [5.74, 6) is 5.68. The van der Waals surface area contributed by atoms with Gasteiger partial charge in [0.2, 0.25) is 0 Å². The zero-order valence-corrected chi connectivity index (χ0v) is 12.9. The van der Waals surface area contributed by atoms with Gasteiger partial charge in [-0.2, -0.15) is 5.10 Å². The van der Waals surface area contributed by atoms with Crippen LogP contribution in [0.1, 0.15) is 44.0 Å². The summed E-state index contributed by atoms with van der Waals surface area (Å²) in [5, 5.41) is 4.63. The molecular formula is C16H25N5. The van der Waals surface area contributed by atoms with Gasteiger partial charge in [0.25, 0.3) is 0 Å². The summed E-state index contributed by atoms with van der Waals surface area (Å²) in [7, 11) is 0. The molecule has 0 fully saturated rings. The highest BCUT2D eigenvalue weighted by atomic mass is 15.3. The van der Waals surface area contributed by atoms with Crippen LogP contribution < -0.4 is 11.3 Å². The average Bonchev–Trinajstić information content (AvgIpc) is 3.00. The summed E-state index contributed by atoms with van der Waals surface area (Å²) in [6.45, 7) is 4.35. The van der Waals surface area contributed by atoms with E-state index >= 15 is 0 Å². The number of hydrogen-bond donors (Lipinski definition) is 2. The maximum Gasteiger partial charge on any atom is 0.0640 e. The molecule has 2 heterocycles. The van der Waals surface area contributed by atoms with Crippen molar-refractivity contribution < 1.29 is 0 Å². The van der Waals surface area contributed by atoms with Gasteiger partial charge in [-0.1, -0.05) is 13.0 Å². The lowest BCUT2D eigenvalue weighted by molar-refractivity contribution is 0.457. The second-order valence-electron chi connectivity index (χ2n) is 5.51. The van der Waals surface area contributed by atoms with Crippen LogP contribution in [-0.4, -0.2) is 20.8 Å². The lowest BCUT2D eigenvalue weighted by Gasteiger charge is -2.14. The largest absolute Gasteiger partial charge is 0.271 e. The number of nitrogens with zero attached hydrogens (tertiary/aromatic N) is 3. The van der Waals surface area contributed by atoms with Gasteiger partial charge in [0.15, 0.2) is 0 Å². The standard InChI is InChI=1S/C16H25N5/c1-3-13(2)21-10-8-16(20-21)11-15(19-17)7-6-14-5-4-9-18-12-14/h4-5,8-10,12-13,15,19H,3,6-7,11,17H2,1-2H3. The fourth-order valence-corrected chi connectivity index (χ4v) is 2.30. The summed E-state index contributed by atoms with van der Waals surface area (Å²) in [4.78, 5) is 4.14. The van der Waals surface area contributed by atoms with E-state index in [0.717, 1.165) is 31.4 Å². The van der Waals surface area contributed by atoms with E-state index in [-0.39, 0.29) is 6.04 Å². The van der Waals surface area contributed by atoms with Crippen molar-refractivity contribution in [2.45, 2.75) is 51.6 Å². The highest BCUT2D eigenvalue weighted by Crippen LogP contribution is 2.12. The molecule has 0 bridgehead atoms. The molecular weight excluding hydrogens is 262 g/mol. The van der Waals surface area contributed by atoms with E-state index in [1.54, 1.807) is 6.20 Å². The molecule has 0 aliphatic carbocycles. The summed E-state index contributed by atoms with van der Waals surface area (Å²) in [6.07, 6.45) is 9.63. The zero-order valence-electron chi connectivity index (χ0n) is 12.9. The van der Waals surface area contributed by atoms with Crippen LogP contribution in [0.4, 0.5) is 0 Å². The first-order chi connectivity index (χ1) is 10.2. The minimum absolute atomic E-state index is 0.227. The van der Waals surface area contributed by atoms with Crippen LogP contribution >= 0.6 is 0 Å². The molecule has 0 aliphatic heterocycles. The molecule has 2 atom stereocenters. The van der Waals surface area contributed by atoms with E-state index in [1.165, 1.54) is 5.56 Å². The number of rotatable bonds is 8. The molecule has 2 aromatic rings. The Balaban J connectivity index is 1.88. The molecule has 0 amide bonds. The summed E-state index contributed by atoms with van der Waals surface area (Å²) < 4.78 is 2.03. The third kappa shape index (κ3) is 4.65. The molecule has 0 spiro atoms. The Morgan fingerprint density at radius 1 is 1.38 bits per heavy atom. The quantitative estimate of drug-likeness (QED) is 0.577. The fourth-order valence-electron chi connectivity index (χ4n) is 2.30. The van der Waals surface area contributed by atoms with Crippen LogP contribution in [0.15, 0.2) is 36.8 Å². The van der Waals surface area contributed by atoms with E-state index in [1.807, 2.05) is 16.9 Å². The van der Waals surface area contributed by atoms with Crippen molar-refractivity contribution in [1.29, 1.82) is 0 Å². The van der Waals surface area contributed by atoms with Crippen molar-refractivity contribution >= 4 is 0 Å². The fraction of sp³-hybridized carbons (Fsp3) is 0.500. The summed E-state index contributed by atoms with van der Waals surface area (Å²) in [5.41, 5.74) is 5.23. The molecule has 5 heteroatoms. The van der Waals surface area contributed by atoms with Gasteiger partial charge in [0.05, 0.1) is 5.69 Å². The van der Waals surface area contributed by atoms with E-state index in [9.17, 15) is 0 Å². The molecule has 114 valence electrons. The van der Waals surface area contributed by atoms with Gasteiger partial charge in [0.1, 0.15) is 0 Å². The third-order valence-corrected chi connectivity index (χ3v) is 3.90. The van der Waals surface area contributed by atoms with Gasteiger partial charge in [-0.25, -0.2) is 0 Å². The molecule has 2 rings (SSSR count). The van der Waals surface area contributed by atoms with Crippen molar-refractivity contribution in [1.82, 2.24) is 20.2 Å². The van der Waals surface area contributed by atoms with Crippen LogP contribution in [0.3, 0.4) is 0 Å². The maximum atomic E-state index is 5.68. The van der Waals surface area contributed by atoms with Gasteiger partial charge >= 0.3 is 0 Å². The first-order valence-electron chi connectivity index (χ1n) is 7.62. The Bertz CT molecular complexity index is 522. The second-order valence-corrected chi connectivity index (χ2v) is 5.51. The number of aryl methyl sites for hydroxylation is 1. The van der Waals surface area contributed by atoms with Crippen molar-refractivity contribution in [3.8, 4) is 0 Å². The lowest BCUT2D eigenvalue weighted by Crippen LogP contribution is -2.37. The molecule has 0 aliphatic rings. The Kier molecular flexibility index (Phi) is 5.90. The molecule has 3 N–H and O–H groups in total. The Morgan fingerprint density at radius 2 is 2.24 bits per heavy atom. The lowest BCUT2D eigenvalue weighted by atomic mass is 10.0. The minimum Gasteiger partial charge on any atom is -0.271 e. The van der Waals surface area contributed by atoms with Crippen LogP contribution in [0, 0.1) is 0 Å². The van der Waals surface area contributed by atoms with Gasteiger partial charge < -0.3 is 0 Å². The highest BCUT2D eigenvalue weighted by Gasteiger charge is 2.11. The Morgan fingerprint density at radius 3 is 2.90 bits per heavy atom. The second kappa shape index (κ2) is 7.90. The van der Waals surface area contributed by atoms with Crippen molar-refractivity contribution in [2.24, 2.45) is 5.84 Å². The van der Waals surface area contributed by atoms with Crippen molar-refractivity contribution in [2.75, 3.05) is 0 Å². The minimum atomic E-state index is 0.227. The Labute approximate surface area is 126 Å². The maximum absolute atomic E-state index is 5.68. The number of hydrazine groups is 1. The Hall–Kier alpha value is -1.72. The predicted molar refractivity (Wildman–Crippen MR) is 84.6 cm³/mol. The van der Waals surface area contributed by atoms with Gasteiger partial charge in [-0.15, -0.1) is 0 Å². The number of pyridine rings is 1. The monoisotopic (exact) mass is 287 g/mol. The summed E-state index contributed by atoms with van der Waals surface area (Å²) in [6, 6.07) is 6.82. The molecule has 2 unspecified atom stereocenters. The van der Waals surface area contributed by atoms with Gasteiger partial charge in [-0.3, -0.25) is 20.9 Å². The number of hydrogen-bond acceptors (Lipinski definition) is 4. The van der Waals surface area contributed by atoms with Crippen LogP contribution in [0.5, 0.6) is 0 Å². The molecule has 0 aromatic carbocycles. The first-order valence-corrected chi connectivity index (χ1v) is 7.62. The smallest absolute Gasteiger partial charge is 0.0640 e. The van der Waals surface area contributed by atoms with E-state index < -0.39 is 0 Å². The molecule has 2 aromatic heterocycles. The number of aromatic nitrogens is 3. The first kappa shape index (κ1) is 15.7. The van der Waals surface area contributed by atoms with Gasteiger partial charge in [0, 0.05) is 37.1 Å². The van der Waals surface area contributed by atoms with Crippen molar-refractivity contribution in [3.63, 3.8) is 0 Å². The number of nitrogens with two attached hydrogens (primary N) is 1. The van der Waals surface area contributed by atoms with E-state index in [2.05, 4.69) is 47.7 Å². The third-order valence-electron chi connectivity index (χ3n) is 3.90. The SMILES string of the molecule is CCC(C)n1ccc(CC(CCc2cccnc2)NN)n1. The van der Waals surface area contributed by atoms with Crippen LogP contribution in [0.2, 0.25) is 0 Å². The molecule has 0 radical (unpaired) electrons. The summed E-state index contributed by atoms with van der Waals surface area (Å²) >= 11 is 0. The predicted octanol–water partition coefficient (Wildman–Crippen LogP) is 2.26. The molecule has 0 saturated carbocycles. The average molecular weight is 287 g/mol. The highest BCUT2D eigenvalue weighted by molar-refractivity contribution is 5.09. The van der Waals surface area contributed by atoms with Crippen LogP contribution in [0.25, 0.3) is 0 Å². The molecule has 0 saturated heterocycles. The molecule has 5 nitrogen and oxygen atoms in total.